The van der Waals surface area contributed by atoms with Crippen LogP contribution in [-0.4, -0.2) is 13.2 Å². The van der Waals surface area contributed by atoms with Crippen LogP contribution in [0.4, 0.5) is 22.0 Å². The van der Waals surface area contributed by atoms with E-state index in [1.165, 1.54) is 132 Å². The molecule has 0 heterocycles. The van der Waals surface area contributed by atoms with E-state index in [4.69, 9.17) is 9.47 Å². The summed E-state index contributed by atoms with van der Waals surface area (Å²) in [7, 11) is 0. The van der Waals surface area contributed by atoms with Gasteiger partial charge in [-0.25, -0.2) is 8.78 Å². The van der Waals surface area contributed by atoms with Crippen molar-refractivity contribution in [3.8, 4) is 35.2 Å². The number of hydrogen-bond acceptors (Lipinski definition) is 2. The first-order valence-electron chi connectivity index (χ1n) is 20.3. The number of ether oxygens (including phenoxy) is 2. The van der Waals surface area contributed by atoms with Crippen molar-refractivity contribution < 1.29 is 31.4 Å². The van der Waals surface area contributed by atoms with Gasteiger partial charge < -0.3 is 9.47 Å². The van der Waals surface area contributed by atoms with Gasteiger partial charge in [0.1, 0.15) is 0 Å². The van der Waals surface area contributed by atoms with Crippen molar-refractivity contribution >= 4 is 0 Å². The predicted molar refractivity (Wildman–Crippen MR) is 211 cm³/mol. The van der Waals surface area contributed by atoms with Gasteiger partial charge in [-0.15, -0.1) is 0 Å². The zero-order valence-corrected chi connectivity index (χ0v) is 32.5. The molecule has 0 spiro atoms. The van der Waals surface area contributed by atoms with Crippen LogP contribution < -0.4 is 9.47 Å². The molecule has 0 aliphatic carbocycles. The summed E-state index contributed by atoms with van der Waals surface area (Å²) >= 11 is 0. The lowest BCUT2D eigenvalue weighted by Crippen LogP contribution is -2.08. The van der Waals surface area contributed by atoms with Crippen LogP contribution in [0.1, 0.15) is 170 Å². The SMILES string of the molecule is CCCCCCCCCCCCOc1ccc(C#Cc2ccc(C#Cc3ccc(OCCCCCCCCCCCC)c(F)c3)c(C(F)(F)F)c2)cc1F. The van der Waals surface area contributed by atoms with Gasteiger partial charge in [0, 0.05) is 22.3 Å². The molecule has 0 aliphatic heterocycles. The molecule has 0 saturated heterocycles. The highest BCUT2D eigenvalue weighted by Crippen LogP contribution is 2.32. The molecule has 0 N–H and O–H groups in total. The van der Waals surface area contributed by atoms with E-state index in [0.717, 1.165) is 44.6 Å². The van der Waals surface area contributed by atoms with Gasteiger partial charge in [-0.2, -0.15) is 13.2 Å². The zero-order chi connectivity index (χ0) is 38.9. The van der Waals surface area contributed by atoms with Crippen LogP contribution in [0.3, 0.4) is 0 Å². The summed E-state index contributed by atoms with van der Waals surface area (Å²) in [6, 6.07) is 12.0. The highest BCUT2D eigenvalue weighted by molar-refractivity contribution is 5.53. The van der Waals surface area contributed by atoms with Gasteiger partial charge in [-0.3, -0.25) is 0 Å². The van der Waals surface area contributed by atoms with Crippen LogP contribution in [-0.2, 0) is 6.18 Å². The maximum Gasteiger partial charge on any atom is 0.417 e. The second kappa shape index (κ2) is 25.9. The number of alkyl halides is 3. The zero-order valence-electron chi connectivity index (χ0n) is 32.5. The van der Waals surface area contributed by atoms with Crippen molar-refractivity contribution in [1.29, 1.82) is 0 Å². The Kier molecular flexibility index (Phi) is 21.3. The fourth-order valence-corrected chi connectivity index (χ4v) is 6.18. The molecular weight excluding hydrogens is 692 g/mol. The Hall–Kier alpha value is -3.97. The Morgan fingerprint density at radius 1 is 0.444 bits per heavy atom. The molecule has 2 nitrogen and oxygen atoms in total. The van der Waals surface area contributed by atoms with E-state index in [0.29, 0.717) is 18.8 Å². The molecule has 0 radical (unpaired) electrons. The van der Waals surface area contributed by atoms with Gasteiger partial charge in [0.2, 0.25) is 0 Å². The number of hydrogen-bond donors (Lipinski definition) is 0. The van der Waals surface area contributed by atoms with E-state index in [-0.39, 0.29) is 28.2 Å². The minimum absolute atomic E-state index is 0.0989. The van der Waals surface area contributed by atoms with Gasteiger partial charge in [0.05, 0.1) is 18.8 Å². The van der Waals surface area contributed by atoms with Crippen molar-refractivity contribution in [1.82, 2.24) is 0 Å². The largest absolute Gasteiger partial charge is 0.491 e. The third-order valence-corrected chi connectivity index (χ3v) is 9.39. The van der Waals surface area contributed by atoms with Crippen molar-refractivity contribution in [3.63, 3.8) is 0 Å². The van der Waals surface area contributed by atoms with Crippen molar-refractivity contribution in [3.05, 3.63) is 94.0 Å². The van der Waals surface area contributed by atoms with Crippen LogP contribution in [0.2, 0.25) is 0 Å². The molecule has 0 atom stereocenters. The Bertz CT molecular complexity index is 1640. The lowest BCUT2D eigenvalue weighted by atomic mass is 10.0. The average molecular weight is 751 g/mol. The fraction of sp³-hybridized carbons (Fsp3) is 0.532. The second-order valence-corrected chi connectivity index (χ2v) is 14.1. The summed E-state index contributed by atoms with van der Waals surface area (Å²) in [5, 5.41) is 0. The summed E-state index contributed by atoms with van der Waals surface area (Å²) in [6.07, 6.45) is 19.2. The summed E-state index contributed by atoms with van der Waals surface area (Å²) in [4.78, 5) is 0. The van der Waals surface area contributed by atoms with Gasteiger partial charge in [-0.05, 0) is 67.4 Å². The summed E-state index contributed by atoms with van der Waals surface area (Å²) < 4.78 is 82.7. The minimum atomic E-state index is -4.70. The molecule has 0 bridgehead atoms. The standard InChI is InChI=1S/C47H59F5O2/c1-3-5-7-9-11-13-15-17-19-21-33-53-45-31-27-39(36-43(45)48)24-23-38-25-29-41(42(35-38)47(50,51)52)30-26-40-28-32-46(44(49)37-40)54-34-22-20-18-16-14-12-10-8-6-4-2/h25,27-29,31-32,35-37H,3-22,33-34H2,1-2H3. The Morgan fingerprint density at radius 3 is 1.19 bits per heavy atom. The number of unbranched alkanes of at least 4 members (excludes halogenated alkanes) is 18. The van der Waals surface area contributed by atoms with E-state index >= 15 is 0 Å². The number of rotatable bonds is 24. The van der Waals surface area contributed by atoms with E-state index in [9.17, 15) is 22.0 Å². The Balaban J connectivity index is 1.48. The highest BCUT2D eigenvalue weighted by Gasteiger charge is 2.33. The summed E-state index contributed by atoms with van der Waals surface area (Å²) in [6.45, 7) is 5.25. The van der Waals surface area contributed by atoms with Gasteiger partial charge >= 0.3 is 6.18 Å². The minimum Gasteiger partial charge on any atom is -0.491 e. The molecule has 0 aromatic heterocycles. The molecule has 0 unspecified atom stereocenters. The van der Waals surface area contributed by atoms with Crippen LogP contribution in [0, 0.1) is 35.3 Å². The maximum absolute atomic E-state index is 14.7. The molecule has 54 heavy (non-hydrogen) atoms. The van der Waals surface area contributed by atoms with Crippen LogP contribution >= 0.6 is 0 Å². The molecular formula is C47H59F5O2. The monoisotopic (exact) mass is 750 g/mol. The van der Waals surface area contributed by atoms with Crippen molar-refractivity contribution in [2.24, 2.45) is 0 Å². The molecule has 294 valence electrons. The first-order valence-corrected chi connectivity index (χ1v) is 20.3. The third kappa shape index (κ3) is 17.9. The summed E-state index contributed by atoms with van der Waals surface area (Å²) in [5.74, 6) is 9.68. The van der Waals surface area contributed by atoms with Crippen molar-refractivity contribution in [2.45, 2.75) is 148 Å². The van der Waals surface area contributed by atoms with E-state index < -0.39 is 23.4 Å². The first-order chi connectivity index (χ1) is 26.2. The topological polar surface area (TPSA) is 18.5 Å². The van der Waals surface area contributed by atoms with Crippen LogP contribution in [0.15, 0.2) is 54.6 Å². The quantitative estimate of drug-likeness (QED) is 0.0516. The third-order valence-electron chi connectivity index (χ3n) is 9.39. The van der Waals surface area contributed by atoms with E-state index in [1.807, 2.05) is 0 Å². The maximum atomic E-state index is 14.7. The van der Waals surface area contributed by atoms with Crippen LogP contribution in [0.5, 0.6) is 11.5 Å². The van der Waals surface area contributed by atoms with Gasteiger partial charge in [0.25, 0.3) is 0 Å². The van der Waals surface area contributed by atoms with Gasteiger partial charge in [0.15, 0.2) is 23.1 Å². The molecule has 3 aromatic rings. The van der Waals surface area contributed by atoms with E-state index in [1.54, 1.807) is 6.07 Å². The van der Waals surface area contributed by atoms with Crippen LogP contribution in [0.25, 0.3) is 0 Å². The normalized spacial score (nSPS) is 11.1. The highest BCUT2D eigenvalue weighted by atomic mass is 19.4. The van der Waals surface area contributed by atoms with Crippen molar-refractivity contribution in [2.75, 3.05) is 13.2 Å². The molecule has 0 saturated carbocycles. The predicted octanol–water partition coefficient (Wildman–Crippen LogP) is 14.4. The number of benzene rings is 3. The Morgan fingerprint density at radius 2 is 0.796 bits per heavy atom. The fourth-order valence-electron chi connectivity index (χ4n) is 6.18. The molecule has 7 heteroatoms. The molecule has 0 fully saturated rings. The molecule has 3 aromatic carbocycles. The van der Waals surface area contributed by atoms with Gasteiger partial charge in [-0.1, -0.05) is 153 Å². The Labute approximate surface area is 321 Å². The molecule has 3 rings (SSSR count). The lowest BCUT2D eigenvalue weighted by Gasteiger charge is -2.10. The smallest absolute Gasteiger partial charge is 0.417 e. The summed E-state index contributed by atoms with van der Waals surface area (Å²) in [5.41, 5.74) is -0.572. The number of halogens is 5. The lowest BCUT2D eigenvalue weighted by molar-refractivity contribution is -0.137. The van der Waals surface area contributed by atoms with E-state index in [2.05, 4.69) is 37.5 Å². The molecule has 0 aliphatic rings. The second-order valence-electron chi connectivity index (χ2n) is 14.1. The first kappa shape index (κ1) is 44.4. The molecule has 0 amide bonds. The average Bonchev–Trinajstić information content (AvgIpc) is 3.15.